The number of aromatic nitrogens is 5. The number of anilines is 2. The van der Waals surface area contributed by atoms with Crippen LogP contribution in [0.15, 0.2) is 54.7 Å². The zero-order valence-corrected chi connectivity index (χ0v) is 19.0. The van der Waals surface area contributed by atoms with Crippen LogP contribution in [-0.4, -0.2) is 59.7 Å². The first kappa shape index (κ1) is 20.7. The molecule has 2 aliphatic rings. The molecule has 1 amide bonds. The second-order valence-corrected chi connectivity index (χ2v) is 9.13. The van der Waals surface area contributed by atoms with Gasteiger partial charge in [0.1, 0.15) is 5.52 Å². The Morgan fingerprint density at radius 3 is 2.88 bits per heavy atom. The first-order valence-corrected chi connectivity index (χ1v) is 11.7. The Balaban J connectivity index is 1.10. The molecule has 0 aliphatic carbocycles. The minimum absolute atomic E-state index is 0.0584. The maximum Gasteiger partial charge on any atom is 0.254 e. The molecule has 4 heterocycles. The number of carbonyl (C=O) groups excluding carboxylic acids is 1. The standard InChI is InChI=1S/C25H26N8O/c1-16-11-20(9-10-33(16)24(34)17-7-8-21-22(12-17)30-31-29-21)32-14-18-13-26-25(28-23(18)15-32)27-19-5-3-2-4-6-19/h2-8,12-13,16,20H,9-11,14-15H2,1H3,(H,26,27,28)(H,29,30,31)/t16-,20+/m1/s1. The number of amides is 1. The predicted molar refractivity (Wildman–Crippen MR) is 128 cm³/mol. The molecule has 2 aliphatic heterocycles. The summed E-state index contributed by atoms with van der Waals surface area (Å²) in [4.78, 5) is 27.0. The van der Waals surface area contributed by atoms with Gasteiger partial charge in [-0.2, -0.15) is 0 Å². The number of nitrogens with one attached hydrogen (secondary N) is 2. The van der Waals surface area contributed by atoms with Gasteiger partial charge in [0.15, 0.2) is 0 Å². The number of hydrogen-bond donors (Lipinski definition) is 2. The first-order valence-electron chi connectivity index (χ1n) is 11.7. The molecule has 1 saturated heterocycles. The average Bonchev–Trinajstić information content (AvgIpc) is 3.50. The van der Waals surface area contributed by atoms with Crippen LogP contribution < -0.4 is 5.32 Å². The van der Waals surface area contributed by atoms with Gasteiger partial charge in [0.05, 0.1) is 11.2 Å². The molecule has 9 nitrogen and oxygen atoms in total. The van der Waals surface area contributed by atoms with E-state index < -0.39 is 0 Å². The largest absolute Gasteiger partial charge is 0.336 e. The molecule has 172 valence electrons. The van der Waals surface area contributed by atoms with E-state index in [4.69, 9.17) is 4.98 Å². The first-order chi connectivity index (χ1) is 16.6. The lowest BCUT2D eigenvalue weighted by atomic mass is 9.96. The SMILES string of the molecule is C[C@@H]1C[C@@H](N2Cc3cnc(Nc4ccccc4)nc3C2)CCN1C(=O)c1ccc2[nH]nnc2c1. The zero-order valence-electron chi connectivity index (χ0n) is 19.0. The van der Waals surface area contributed by atoms with Crippen LogP contribution in [0.1, 0.15) is 41.4 Å². The third kappa shape index (κ3) is 3.88. The van der Waals surface area contributed by atoms with Gasteiger partial charge in [-0.15, -0.1) is 5.10 Å². The van der Waals surface area contributed by atoms with Crippen molar-refractivity contribution in [2.24, 2.45) is 0 Å². The monoisotopic (exact) mass is 454 g/mol. The highest BCUT2D eigenvalue weighted by Crippen LogP contribution is 2.31. The van der Waals surface area contributed by atoms with E-state index in [9.17, 15) is 4.79 Å². The molecule has 2 atom stereocenters. The molecule has 2 aromatic heterocycles. The van der Waals surface area contributed by atoms with Crippen molar-refractivity contribution in [2.45, 2.75) is 44.9 Å². The summed E-state index contributed by atoms with van der Waals surface area (Å²) in [5, 5.41) is 14.0. The van der Waals surface area contributed by atoms with Crippen LogP contribution in [0.2, 0.25) is 0 Å². The molecule has 2 aromatic carbocycles. The number of piperidine rings is 1. The average molecular weight is 455 g/mol. The maximum atomic E-state index is 13.2. The number of rotatable bonds is 4. The summed E-state index contributed by atoms with van der Waals surface area (Å²) in [6, 6.07) is 16.1. The predicted octanol–water partition coefficient (Wildman–Crippen LogP) is 3.50. The fourth-order valence-electron chi connectivity index (χ4n) is 5.07. The summed E-state index contributed by atoms with van der Waals surface area (Å²) >= 11 is 0. The number of H-pyrrole nitrogens is 1. The van der Waals surface area contributed by atoms with Gasteiger partial charge in [-0.05, 0) is 50.1 Å². The molecule has 9 heteroatoms. The van der Waals surface area contributed by atoms with E-state index in [1.807, 2.05) is 59.6 Å². The Kier molecular flexibility index (Phi) is 5.18. The van der Waals surface area contributed by atoms with Crippen molar-refractivity contribution in [2.75, 3.05) is 11.9 Å². The van der Waals surface area contributed by atoms with Crippen molar-refractivity contribution < 1.29 is 4.79 Å². The van der Waals surface area contributed by atoms with Crippen molar-refractivity contribution >= 4 is 28.6 Å². The van der Waals surface area contributed by atoms with E-state index >= 15 is 0 Å². The van der Waals surface area contributed by atoms with Gasteiger partial charge in [0, 0.05) is 54.7 Å². The summed E-state index contributed by atoms with van der Waals surface area (Å²) < 4.78 is 0. The zero-order chi connectivity index (χ0) is 23.1. The second-order valence-electron chi connectivity index (χ2n) is 9.13. The third-order valence-electron chi connectivity index (χ3n) is 6.91. The number of likely N-dealkylation sites (tertiary alicyclic amines) is 1. The van der Waals surface area contributed by atoms with Crippen LogP contribution in [0.5, 0.6) is 0 Å². The van der Waals surface area contributed by atoms with Crippen molar-refractivity contribution in [1.29, 1.82) is 0 Å². The van der Waals surface area contributed by atoms with E-state index in [1.165, 1.54) is 5.56 Å². The Bertz CT molecular complexity index is 1340. The highest BCUT2D eigenvalue weighted by molar-refractivity contribution is 5.97. The molecule has 0 saturated carbocycles. The summed E-state index contributed by atoms with van der Waals surface area (Å²) in [6.45, 7) is 4.55. The summed E-state index contributed by atoms with van der Waals surface area (Å²) in [5.74, 6) is 0.688. The fourth-order valence-corrected chi connectivity index (χ4v) is 5.07. The van der Waals surface area contributed by atoms with Crippen molar-refractivity contribution in [3.8, 4) is 0 Å². The van der Waals surface area contributed by atoms with Gasteiger partial charge < -0.3 is 10.2 Å². The van der Waals surface area contributed by atoms with Gasteiger partial charge in [-0.3, -0.25) is 14.8 Å². The number of para-hydroxylation sites is 1. The topological polar surface area (TPSA) is 103 Å². The van der Waals surface area contributed by atoms with Gasteiger partial charge in [-0.25, -0.2) is 9.97 Å². The fraction of sp³-hybridized carbons (Fsp3) is 0.320. The Labute approximate surface area is 197 Å². The van der Waals surface area contributed by atoms with Gasteiger partial charge in [0.2, 0.25) is 5.95 Å². The van der Waals surface area contributed by atoms with E-state index in [-0.39, 0.29) is 11.9 Å². The second kappa shape index (κ2) is 8.49. The normalized spacial score (nSPS) is 20.4. The molecule has 4 aromatic rings. The van der Waals surface area contributed by atoms with Gasteiger partial charge in [0.25, 0.3) is 5.91 Å². The highest BCUT2D eigenvalue weighted by Gasteiger charge is 2.35. The molecule has 0 spiro atoms. The van der Waals surface area contributed by atoms with Crippen LogP contribution in [0, 0.1) is 0 Å². The lowest BCUT2D eigenvalue weighted by molar-refractivity contribution is 0.0460. The summed E-state index contributed by atoms with van der Waals surface area (Å²) in [6.07, 6.45) is 3.82. The van der Waals surface area contributed by atoms with Gasteiger partial charge >= 0.3 is 0 Å². The number of nitrogens with zero attached hydrogens (tertiary/aromatic N) is 6. The molecule has 2 N–H and O–H groups in total. The van der Waals surface area contributed by atoms with E-state index in [2.05, 4.69) is 37.5 Å². The van der Waals surface area contributed by atoms with E-state index in [1.54, 1.807) is 0 Å². The molecular formula is C25H26N8O. The number of benzene rings is 2. The van der Waals surface area contributed by atoms with Crippen LogP contribution >= 0.6 is 0 Å². The van der Waals surface area contributed by atoms with Gasteiger partial charge in [-0.1, -0.05) is 23.4 Å². The molecule has 0 bridgehead atoms. The molecule has 0 radical (unpaired) electrons. The number of hydrogen-bond acceptors (Lipinski definition) is 7. The van der Waals surface area contributed by atoms with Crippen LogP contribution in [0.3, 0.4) is 0 Å². The summed E-state index contributed by atoms with van der Waals surface area (Å²) in [7, 11) is 0. The maximum absolute atomic E-state index is 13.2. The molecule has 6 rings (SSSR count). The Morgan fingerprint density at radius 1 is 1.15 bits per heavy atom. The molecule has 34 heavy (non-hydrogen) atoms. The van der Waals surface area contributed by atoms with Crippen molar-refractivity contribution in [1.82, 2.24) is 35.2 Å². The van der Waals surface area contributed by atoms with Crippen LogP contribution in [0.4, 0.5) is 11.6 Å². The Morgan fingerprint density at radius 2 is 2.03 bits per heavy atom. The number of aromatic amines is 1. The quantitative estimate of drug-likeness (QED) is 0.486. The minimum atomic E-state index is 0.0584. The highest BCUT2D eigenvalue weighted by atomic mass is 16.2. The Hall–Kier alpha value is -3.85. The smallest absolute Gasteiger partial charge is 0.254 e. The summed E-state index contributed by atoms with van der Waals surface area (Å²) in [5.41, 5.74) is 5.46. The van der Waals surface area contributed by atoms with E-state index in [0.29, 0.717) is 23.1 Å². The third-order valence-corrected chi connectivity index (χ3v) is 6.91. The molecule has 0 unspecified atom stereocenters. The van der Waals surface area contributed by atoms with Crippen molar-refractivity contribution in [3.63, 3.8) is 0 Å². The lowest BCUT2D eigenvalue weighted by Gasteiger charge is -2.41. The molecule has 1 fully saturated rings. The van der Waals surface area contributed by atoms with Crippen LogP contribution in [-0.2, 0) is 13.1 Å². The minimum Gasteiger partial charge on any atom is -0.336 e. The number of carbonyl (C=O) groups is 1. The van der Waals surface area contributed by atoms with Crippen LogP contribution in [0.25, 0.3) is 11.0 Å². The lowest BCUT2D eigenvalue weighted by Crippen LogP contribution is -2.50. The van der Waals surface area contributed by atoms with Crippen molar-refractivity contribution in [3.05, 3.63) is 71.5 Å². The molecular weight excluding hydrogens is 428 g/mol. The van der Waals surface area contributed by atoms with E-state index in [0.717, 1.165) is 49.4 Å². The number of fused-ring (bicyclic) bond motifs is 2.